The summed E-state index contributed by atoms with van der Waals surface area (Å²) >= 11 is 1.62. The van der Waals surface area contributed by atoms with Crippen LogP contribution in [-0.4, -0.2) is 12.0 Å². The van der Waals surface area contributed by atoms with Crippen molar-refractivity contribution in [3.05, 3.63) is 83.9 Å². The van der Waals surface area contributed by atoms with Gasteiger partial charge in [-0.1, -0.05) is 68.1 Å². The minimum Gasteiger partial charge on any atom is -0.481 e. The molecule has 1 unspecified atom stereocenters. The third kappa shape index (κ3) is 5.64. The zero-order valence-electron chi connectivity index (χ0n) is 17.3. The molecule has 3 aromatic rings. The molecule has 0 radical (unpaired) electrons. The van der Waals surface area contributed by atoms with E-state index >= 15 is 0 Å². The van der Waals surface area contributed by atoms with E-state index in [9.17, 15) is 4.79 Å². The van der Waals surface area contributed by atoms with E-state index in [1.807, 2.05) is 55.5 Å². The number of carbonyl (C=O) groups excluding carboxylic acids is 1. The minimum atomic E-state index is -0.607. The normalized spacial score (nSPS) is 11.9. The molecular formula is C25H27NO2S. The zero-order chi connectivity index (χ0) is 20.8. The van der Waals surface area contributed by atoms with E-state index in [0.717, 1.165) is 32.4 Å². The third-order valence-electron chi connectivity index (χ3n) is 4.58. The molecule has 0 aliphatic heterocycles. The van der Waals surface area contributed by atoms with E-state index in [2.05, 4.69) is 43.4 Å². The van der Waals surface area contributed by atoms with Crippen LogP contribution in [0.25, 0.3) is 0 Å². The lowest BCUT2D eigenvalue weighted by molar-refractivity contribution is -0.122. The Labute approximate surface area is 177 Å². The molecular weight excluding hydrogens is 378 g/mol. The first kappa shape index (κ1) is 21.0. The van der Waals surface area contributed by atoms with Gasteiger partial charge in [0.25, 0.3) is 5.91 Å². The van der Waals surface area contributed by atoms with Crippen molar-refractivity contribution in [1.82, 2.24) is 0 Å². The summed E-state index contributed by atoms with van der Waals surface area (Å²) < 4.78 is 6.06. The molecule has 0 saturated carbocycles. The number of amides is 1. The highest BCUT2D eigenvalue weighted by atomic mass is 32.2. The number of para-hydroxylation sites is 1. The van der Waals surface area contributed by atoms with Crippen molar-refractivity contribution in [1.29, 1.82) is 0 Å². The molecule has 0 heterocycles. The van der Waals surface area contributed by atoms with Gasteiger partial charge in [0, 0.05) is 9.79 Å². The molecule has 0 spiro atoms. The first-order valence-electron chi connectivity index (χ1n) is 9.84. The highest BCUT2D eigenvalue weighted by Crippen LogP contribution is 2.33. The van der Waals surface area contributed by atoms with Crippen molar-refractivity contribution in [3.8, 4) is 5.75 Å². The summed E-state index contributed by atoms with van der Waals surface area (Å²) in [6.45, 7) is 8.06. The van der Waals surface area contributed by atoms with Gasteiger partial charge in [-0.3, -0.25) is 4.79 Å². The third-order valence-corrected chi connectivity index (χ3v) is 5.66. The number of ether oxygens (including phenoxy) is 1. The molecule has 29 heavy (non-hydrogen) atoms. The SMILES string of the molecule is Cc1ccc(C(C)C)c(OC(C)C(=O)Nc2ccccc2Sc2ccccc2)c1. The van der Waals surface area contributed by atoms with Gasteiger partial charge in [-0.2, -0.15) is 0 Å². The smallest absolute Gasteiger partial charge is 0.265 e. The van der Waals surface area contributed by atoms with Crippen molar-refractivity contribution in [2.24, 2.45) is 0 Å². The lowest BCUT2D eigenvalue weighted by Crippen LogP contribution is -2.30. The van der Waals surface area contributed by atoms with Gasteiger partial charge >= 0.3 is 0 Å². The second-order valence-electron chi connectivity index (χ2n) is 7.36. The average molecular weight is 406 g/mol. The van der Waals surface area contributed by atoms with Crippen molar-refractivity contribution in [3.63, 3.8) is 0 Å². The molecule has 3 rings (SSSR count). The Balaban J connectivity index is 1.73. The molecule has 1 amide bonds. The van der Waals surface area contributed by atoms with Gasteiger partial charge in [-0.15, -0.1) is 0 Å². The largest absolute Gasteiger partial charge is 0.481 e. The molecule has 0 fully saturated rings. The van der Waals surface area contributed by atoms with Crippen LogP contribution in [0.5, 0.6) is 5.75 Å². The number of nitrogens with one attached hydrogen (secondary N) is 1. The summed E-state index contributed by atoms with van der Waals surface area (Å²) in [6.07, 6.45) is -0.607. The maximum Gasteiger partial charge on any atom is 0.265 e. The summed E-state index contributed by atoms with van der Waals surface area (Å²) in [5.41, 5.74) is 3.01. The number of aryl methyl sites for hydroxylation is 1. The van der Waals surface area contributed by atoms with Crippen molar-refractivity contribution in [2.75, 3.05) is 5.32 Å². The molecule has 0 aliphatic carbocycles. The molecule has 0 saturated heterocycles. The summed E-state index contributed by atoms with van der Waals surface area (Å²) in [6, 6.07) is 24.1. The number of rotatable bonds is 7. The average Bonchev–Trinajstić information content (AvgIpc) is 2.70. The van der Waals surface area contributed by atoms with Gasteiger partial charge in [0.1, 0.15) is 5.75 Å². The Bertz CT molecular complexity index is 970. The van der Waals surface area contributed by atoms with Gasteiger partial charge in [0.15, 0.2) is 6.10 Å². The monoisotopic (exact) mass is 405 g/mol. The first-order valence-corrected chi connectivity index (χ1v) is 10.7. The molecule has 1 atom stereocenters. The summed E-state index contributed by atoms with van der Waals surface area (Å²) in [7, 11) is 0. The number of hydrogen-bond acceptors (Lipinski definition) is 3. The number of carbonyl (C=O) groups is 1. The number of hydrogen-bond donors (Lipinski definition) is 1. The summed E-state index contributed by atoms with van der Waals surface area (Å²) in [4.78, 5) is 15.0. The van der Waals surface area contributed by atoms with Gasteiger partial charge in [-0.05, 0) is 61.2 Å². The standard InChI is InChI=1S/C25H27NO2S/c1-17(2)21-15-14-18(3)16-23(21)28-19(4)25(27)26-22-12-8-9-13-24(22)29-20-10-6-5-7-11-20/h5-17,19H,1-4H3,(H,26,27). The lowest BCUT2D eigenvalue weighted by Gasteiger charge is -2.20. The fraction of sp³-hybridized carbons (Fsp3) is 0.240. The van der Waals surface area contributed by atoms with E-state index in [-0.39, 0.29) is 5.91 Å². The Morgan fingerprint density at radius 3 is 2.34 bits per heavy atom. The van der Waals surface area contributed by atoms with Crippen LogP contribution < -0.4 is 10.1 Å². The Morgan fingerprint density at radius 1 is 0.931 bits per heavy atom. The molecule has 0 aliphatic rings. The fourth-order valence-corrected chi connectivity index (χ4v) is 3.90. The zero-order valence-corrected chi connectivity index (χ0v) is 18.1. The Hall–Kier alpha value is -2.72. The van der Waals surface area contributed by atoms with Gasteiger partial charge in [-0.25, -0.2) is 0 Å². The van der Waals surface area contributed by atoms with E-state index < -0.39 is 6.10 Å². The Morgan fingerprint density at radius 2 is 1.62 bits per heavy atom. The highest BCUT2D eigenvalue weighted by Gasteiger charge is 2.19. The Kier molecular flexibility index (Phi) is 6.99. The van der Waals surface area contributed by atoms with Gasteiger partial charge in [0.2, 0.25) is 0 Å². The predicted octanol–water partition coefficient (Wildman–Crippen LogP) is 6.68. The van der Waals surface area contributed by atoms with Gasteiger partial charge < -0.3 is 10.1 Å². The van der Waals surface area contributed by atoms with Gasteiger partial charge in [0.05, 0.1) is 5.69 Å². The second-order valence-corrected chi connectivity index (χ2v) is 8.47. The maximum absolute atomic E-state index is 12.8. The van der Waals surface area contributed by atoms with Crippen LogP contribution >= 0.6 is 11.8 Å². The van der Waals surface area contributed by atoms with E-state index in [1.165, 1.54) is 0 Å². The molecule has 4 heteroatoms. The molecule has 3 aromatic carbocycles. The number of anilines is 1. The predicted molar refractivity (Wildman–Crippen MR) is 121 cm³/mol. The van der Waals surface area contributed by atoms with E-state index in [4.69, 9.17) is 4.74 Å². The highest BCUT2D eigenvalue weighted by molar-refractivity contribution is 7.99. The summed E-state index contributed by atoms with van der Waals surface area (Å²) in [5.74, 6) is 0.931. The van der Waals surface area contributed by atoms with Crippen LogP contribution in [0.15, 0.2) is 82.6 Å². The van der Waals surface area contributed by atoms with Crippen LogP contribution in [-0.2, 0) is 4.79 Å². The van der Waals surface area contributed by atoms with E-state index in [1.54, 1.807) is 18.7 Å². The first-order chi connectivity index (χ1) is 13.9. The molecule has 0 bridgehead atoms. The molecule has 1 N–H and O–H groups in total. The van der Waals surface area contributed by atoms with Crippen LogP contribution in [0.3, 0.4) is 0 Å². The topological polar surface area (TPSA) is 38.3 Å². The fourth-order valence-electron chi connectivity index (χ4n) is 2.97. The van der Waals surface area contributed by atoms with Crippen LogP contribution in [0, 0.1) is 6.92 Å². The molecule has 3 nitrogen and oxygen atoms in total. The maximum atomic E-state index is 12.8. The number of benzene rings is 3. The van der Waals surface area contributed by atoms with Crippen molar-refractivity contribution < 1.29 is 9.53 Å². The van der Waals surface area contributed by atoms with Crippen molar-refractivity contribution in [2.45, 2.75) is 49.5 Å². The van der Waals surface area contributed by atoms with Crippen LogP contribution in [0.4, 0.5) is 5.69 Å². The minimum absolute atomic E-state index is 0.165. The molecule has 150 valence electrons. The summed E-state index contributed by atoms with van der Waals surface area (Å²) in [5, 5.41) is 3.03. The quantitative estimate of drug-likeness (QED) is 0.477. The van der Waals surface area contributed by atoms with E-state index in [0.29, 0.717) is 5.92 Å². The van der Waals surface area contributed by atoms with Crippen molar-refractivity contribution >= 4 is 23.4 Å². The van der Waals surface area contributed by atoms with Crippen LogP contribution in [0.1, 0.15) is 37.8 Å². The van der Waals surface area contributed by atoms with Crippen LogP contribution in [0.2, 0.25) is 0 Å². The second kappa shape index (κ2) is 9.66. The lowest BCUT2D eigenvalue weighted by atomic mass is 10.0. The molecule has 0 aromatic heterocycles.